The summed E-state index contributed by atoms with van der Waals surface area (Å²) in [6.07, 6.45) is 5.51. The maximum Gasteiger partial charge on any atom is 0.239 e. The van der Waals surface area contributed by atoms with E-state index < -0.39 is 0 Å². The fourth-order valence-corrected chi connectivity index (χ4v) is 3.04. The molecule has 0 aliphatic carbocycles. The number of hydrogen-bond donors (Lipinski definition) is 1. The van der Waals surface area contributed by atoms with Crippen molar-refractivity contribution >= 4 is 5.91 Å². The molecule has 0 aromatic carbocycles. The monoisotopic (exact) mass is 276 g/mol. The number of carbonyl (C=O) groups is 1. The summed E-state index contributed by atoms with van der Waals surface area (Å²) in [5.41, 5.74) is 7.33. The van der Waals surface area contributed by atoms with Crippen molar-refractivity contribution in [3.63, 3.8) is 0 Å². The minimum Gasteiger partial charge on any atom is -0.347 e. The van der Waals surface area contributed by atoms with Gasteiger partial charge in [0.25, 0.3) is 0 Å². The van der Waals surface area contributed by atoms with Gasteiger partial charge in [-0.3, -0.25) is 14.7 Å². The molecule has 1 amide bonds. The maximum absolute atomic E-state index is 12.3. The predicted octanol–water partition coefficient (Wildman–Crippen LogP) is 1.02. The second-order valence-corrected chi connectivity index (χ2v) is 5.71. The van der Waals surface area contributed by atoms with Crippen molar-refractivity contribution < 1.29 is 4.79 Å². The number of likely N-dealkylation sites (N-methyl/N-ethyl adjacent to an activating group) is 1. The van der Waals surface area contributed by atoms with Gasteiger partial charge in [0.15, 0.2) is 0 Å². The maximum atomic E-state index is 12.3. The number of likely N-dealkylation sites (tertiary alicyclic amines) is 1. The average molecular weight is 276 g/mol. The van der Waals surface area contributed by atoms with Crippen LogP contribution in [0.5, 0.6) is 0 Å². The Hall–Kier alpha value is -1.46. The molecule has 2 heterocycles. The van der Waals surface area contributed by atoms with Gasteiger partial charge in [0.2, 0.25) is 5.91 Å². The van der Waals surface area contributed by atoms with Crippen LogP contribution in [-0.2, 0) is 4.79 Å². The van der Waals surface area contributed by atoms with Crippen molar-refractivity contribution in [1.82, 2.24) is 14.8 Å². The Labute approximate surface area is 120 Å². The van der Waals surface area contributed by atoms with E-state index in [9.17, 15) is 4.79 Å². The van der Waals surface area contributed by atoms with Gasteiger partial charge in [-0.15, -0.1) is 0 Å². The molecule has 20 heavy (non-hydrogen) atoms. The van der Waals surface area contributed by atoms with Crippen LogP contribution in [-0.4, -0.2) is 53.4 Å². The fraction of sp³-hybridized carbons (Fsp3) is 0.600. The first kappa shape index (κ1) is 14.9. The molecule has 1 fully saturated rings. The molecule has 5 heteroatoms. The first-order valence-electron chi connectivity index (χ1n) is 7.14. The summed E-state index contributed by atoms with van der Waals surface area (Å²) in [4.78, 5) is 20.3. The largest absolute Gasteiger partial charge is 0.347 e. The molecule has 2 N–H and O–H groups in total. The third-order valence-electron chi connectivity index (χ3n) is 3.92. The lowest BCUT2D eigenvalue weighted by Crippen LogP contribution is -2.48. The Balaban J connectivity index is 2.27. The molecule has 3 unspecified atom stereocenters. The summed E-state index contributed by atoms with van der Waals surface area (Å²) in [5, 5.41) is 0. The highest BCUT2D eigenvalue weighted by Crippen LogP contribution is 2.31. The minimum absolute atomic E-state index is 0.0343. The zero-order chi connectivity index (χ0) is 14.7. The molecule has 1 saturated heterocycles. The second-order valence-electron chi connectivity index (χ2n) is 5.71. The van der Waals surface area contributed by atoms with Crippen LogP contribution >= 0.6 is 0 Å². The van der Waals surface area contributed by atoms with Gasteiger partial charge in [-0.1, -0.05) is 0 Å². The van der Waals surface area contributed by atoms with Crippen LogP contribution in [0.1, 0.15) is 31.4 Å². The number of amides is 1. The smallest absolute Gasteiger partial charge is 0.239 e. The molecule has 1 aromatic rings. The Bertz CT molecular complexity index is 446. The molecule has 5 nitrogen and oxygen atoms in total. The van der Waals surface area contributed by atoms with Gasteiger partial charge in [0, 0.05) is 32.5 Å². The summed E-state index contributed by atoms with van der Waals surface area (Å²) < 4.78 is 0. The molecule has 1 aromatic heterocycles. The molecule has 0 spiro atoms. The Morgan fingerprint density at radius 1 is 1.45 bits per heavy atom. The molecule has 0 bridgehead atoms. The average Bonchev–Trinajstić information content (AvgIpc) is 2.87. The number of carbonyl (C=O) groups excluding carboxylic acids is 1. The Kier molecular flexibility index (Phi) is 4.73. The molecule has 3 atom stereocenters. The van der Waals surface area contributed by atoms with Gasteiger partial charge < -0.3 is 10.6 Å². The van der Waals surface area contributed by atoms with E-state index >= 15 is 0 Å². The molecule has 1 aliphatic heterocycles. The van der Waals surface area contributed by atoms with Gasteiger partial charge >= 0.3 is 0 Å². The number of nitrogens with two attached hydrogens (primary N) is 1. The first-order chi connectivity index (χ1) is 9.52. The predicted molar refractivity (Wildman–Crippen MR) is 79.0 cm³/mol. The summed E-state index contributed by atoms with van der Waals surface area (Å²) >= 11 is 0. The third kappa shape index (κ3) is 2.99. The van der Waals surface area contributed by atoms with Crippen LogP contribution < -0.4 is 5.73 Å². The van der Waals surface area contributed by atoms with Crippen LogP contribution in [0, 0.1) is 0 Å². The zero-order valence-electron chi connectivity index (χ0n) is 12.5. The van der Waals surface area contributed by atoms with E-state index in [1.807, 2.05) is 33.2 Å². The van der Waals surface area contributed by atoms with Crippen molar-refractivity contribution in [2.24, 2.45) is 5.73 Å². The van der Waals surface area contributed by atoms with Crippen LogP contribution in [0.3, 0.4) is 0 Å². The van der Waals surface area contributed by atoms with Crippen molar-refractivity contribution in [2.45, 2.75) is 37.9 Å². The topological polar surface area (TPSA) is 62.5 Å². The van der Waals surface area contributed by atoms with E-state index in [-0.39, 0.29) is 24.0 Å². The number of pyridine rings is 1. The Morgan fingerprint density at radius 2 is 2.10 bits per heavy atom. The van der Waals surface area contributed by atoms with E-state index in [0.29, 0.717) is 0 Å². The standard InChI is InChI=1S/C15H24N4O/c1-11(16)14(12-6-8-17-9-7-12)19-10-4-5-13(19)15(20)18(2)3/h6-9,11,13-14H,4-5,10,16H2,1-3H3. The molecular weight excluding hydrogens is 252 g/mol. The van der Waals surface area contributed by atoms with Crippen molar-refractivity contribution in [3.8, 4) is 0 Å². The lowest BCUT2D eigenvalue weighted by atomic mass is 9.99. The normalized spacial score (nSPS) is 22.5. The molecule has 110 valence electrons. The third-order valence-corrected chi connectivity index (χ3v) is 3.92. The van der Waals surface area contributed by atoms with Crippen LogP contribution in [0.2, 0.25) is 0 Å². The Morgan fingerprint density at radius 3 is 2.65 bits per heavy atom. The molecule has 0 radical (unpaired) electrons. The van der Waals surface area contributed by atoms with Gasteiger partial charge in [-0.05, 0) is 44.0 Å². The van der Waals surface area contributed by atoms with Crippen molar-refractivity contribution in [1.29, 1.82) is 0 Å². The van der Waals surface area contributed by atoms with E-state index in [4.69, 9.17) is 5.73 Å². The summed E-state index contributed by atoms with van der Waals surface area (Å²) in [5.74, 6) is 0.169. The highest BCUT2D eigenvalue weighted by molar-refractivity contribution is 5.81. The van der Waals surface area contributed by atoms with E-state index in [1.54, 1.807) is 17.3 Å². The van der Waals surface area contributed by atoms with Gasteiger partial charge in [0.1, 0.15) is 0 Å². The number of nitrogens with zero attached hydrogens (tertiary/aromatic N) is 3. The summed E-state index contributed by atoms with van der Waals surface area (Å²) in [6.45, 7) is 2.92. The summed E-state index contributed by atoms with van der Waals surface area (Å²) in [7, 11) is 3.62. The van der Waals surface area contributed by atoms with Gasteiger partial charge in [-0.2, -0.15) is 0 Å². The van der Waals surface area contributed by atoms with E-state index in [2.05, 4.69) is 9.88 Å². The number of aromatic nitrogens is 1. The van der Waals surface area contributed by atoms with Crippen LogP contribution in [0.25, 0.3) is 0 Å². The molecule has 1 aliphatic rings. The quantitative estimate of drug-likeness (QED) is 0.892. The van der Waals surface area contributed by atoms with E-state index in [0.717, 1.165) is 24.9 Å². The van der Waals surface area contributed by atoms with Crippen LogP contribution in [0.15, 0.2) is 24.5 Å². The van der Waals surface area contributed by atoms with Crippen molar-refractivity contribution in [2.75, 3.05) is 20.6 Å². The zero-order valence-corrected chi connectivity index (χ0v) is 12.5. The second kappa shape index (κ2) is 6.33. The van der Waals surface area contributed by atoms with Gasteiger partial charge in [0.05, 0.1) is 12.1 Å². The molecule has 0 saturated carbocycles. The van der Waals surface area contributed by atoms with Crippen molar-refractivity contribution in [3.05, 3.63) is 30.1 Å². The molecule has 2 rings (SSSR count). The first-order valence-corrected chi connectivity index (χ1v) is 7.14. The van der Waals surface area contributed by atoms with E-state index in [1.165, 1.54) is 0 Å². The lowest BCUT2D eigenvalue weighted by molar-refractivity contribution is -0.134. The highest BCUT2D eigenvalue weighted by atomic mass is 16.2. The summed E-state index contributed by atoms with van der Waals surface area (Å²) in [6, 6.07) is 3.95. The van der Waals surface area contributed by atoms with Gasteiger partial charge in [-0.25, -0.2) is 0 Å². The number of hydrogen-bond acceptors (Lipinski definition) is 4. The minimum atomic E-state index is -0.0610. The lowest BCUT2D eigenvalue weighted by Gasteiger charge is -2.36. The SMILES string of the molecule is CC(N)C(c1ccncc1)N1CCCC1C(=O)N(C)C. The van der Waals surface area contributed by atoms with Crippen LogP contribution in [0.4, 0.5) is 0 Å². The number of rotatable bonds is 4. The molecular formula is C15H24N4O. The fourth-order valence-electron chi connectivity index (χ4n) is 3.04. The highest BCUT2D eigenvalue weighted by Gasteiger charge is 2.38.